The first-order chi connectivity index (χ1) is 14.0. The molecule has 4 rings (SSSR count). The largest absolute Gasteiger partial charge is 0.459 e. The van der Waals surface area contributed by atoms with Crippen LogP contribution >= 0.6 is 0 Å². The number of hydrogen-bond acceptors (Lipinski definition) is 7. The van der Waals surface area contributed by atoms with E-state index in [-0.39, 0.29) is 0 Å². The van der Waals surface area contributed by atoms with Gasteiger partial charge in [0.1, 0.15) is 17.7 Å². The van der Waals surface area contributed by atoms with Crippen molar-refractivity contribution < 1.29 is 4.74 Å². The fourth-order valence-electron chi connectivity index (χ4n) is 3.01. The minimum absolute atomic E-state index is 0.418. The van der Waals surface area contributed by atoms with Gasteiger partial charge in [0.05, 0.1) is 5.52 Å². The highest BCUT2D eigenvalue weighted by molar-refractivity contribution is 5.71. The first-order valence-electron chi connectivity index (χ1n) is 9.11. The monoisotopic (exact) mass is 385 g/mol. The van der Waals surface area contributed by atoms with Gasteiger partial charge in [-0.15, -0.1) is 0 Å². The van der Waals surface area contributed by atoms with Crippen LogP contribution in [0.25, 0.3) is 16.6 Å². The minimum Gasteiger partial charge on any atom is -0.459 e. The average Bonchev–Trinajstić information content (AvgIpc) is 3.08. The van der Waals surface area contributed by atoms with Crippen LogP contribution in [-0.4, -0.2) is 30.7 Å². The Labute approximate surface area is 167 Å². The molecular weight excluding hydrogens is 366 g/mol. The van der Waals surface area contributed by atoms with Crippen LogP contribution in [0.4, 0.5) is 11.6 Å². The smallest absolute Gasteiger partial charge is 0.215 e. The first-order valence-corrected chi connectivity index (χ1v) is 9.11. The molecule has 0 amide bonds. The molecule has 1 N–H and O–H groups in total. The summed E-state index contributed by atoms with van der Waals surface area (Å²) < 4.78 is 7.29. The van der Waals surface area contributed by atoms with E-state index in [9.17, 15) is 0 Å². The van der Waals surface area contributed by atoms with E-state index in [1.54, 1.807) is 17.6 Å². The van der Waals surface area contributed by atoms with Gasteiger partial charge in [-0.25, -0.2) is 19.5 Å². The third kappa shape index (κ3) is 4.14. The van der Waals surface area contributed by atoms with E-state index in [1.807, 2.05) is 62.5 Å². The van der Waals surface area contributed by atoms with Crippen molar-refractivity contribution in [2.24, 2.45) is 0 Å². The first kappa shape index (κ1) is 18.4. The molecule has 0 saturated carbocycles. The number of hydrogen-bond donors (Lipinski definition) is 1. The molecule has 29 heavy (non-hydrogen) atoms. The Morgan fingerprint density at radius 2 is 1.90 bits per heavy atom. The molecule has 0 radical (unpaired) electrons. The molecule has 1 atom stereocenters. The van der Waals surface area contributed by atoms with Gasteiger partial charge in [-0.3, -0.25) is 0 Å². The zero-order valence-corrected chi connectivity index (χ0v) is 16.3. The van der Waals surface area contributed by atoms with Gasteiger partial charge in [0.2, 0.25) is 5.88 Å². The number of rotatable bonds is 5. The molecule has 8 heteroatoms. The molecule has 0 saturated heterocycles. The Hall–Kier alpha value is -3.99. The highest BCUT2D eigenvalue weighted by Gasteiger charge is 2.08. The number of ether oxygens (including phenoxy) is 1. The van der Waals surface area contributed by atoms with Gasteiger partial charge in [-0.2, -0.15) is 10.4 Å². The molecule has 0 bridgehead atoms. The van der Waals surface area contributed by atoms with E-state index in [0.29, 0.717) is 23.3 Å². The van der Waals surface area contributed by atoms with Gasteiger partial charge in [-0.1, -0.05) is 0 Å². The van der Waals surface area contributed by atoms with E-state index in [0.717, 1.165) is 22.3 Å². The summed E-state index contributed by atoms with van der Waals surface area (Å²) in [6, 6.07) is 13.6. The van der Waals surface area contributed by atoms with E-state index in [2.05, 4.69) is 25.4 Å². The van der Waals surface area contributed by atoms with Crippen LogP contribution in [0.1, 0.15) is 18.4 Å². The third-order valence-electron chi connectivity index (χ3n) is 4.23. The summed E-state index contributed by atoms with van der Waals surface area (Å²) in [6.45, 7) is 5.47. The standard InChI is InChI=1S/C21H19N7O/c1-13-8-19(25-15(3)24-13)26-20-11-18-9-17(5-7-28(18)27-20)16-4-6-23-21(10-16)29-14(2)12-22/h4-11,14H,1-3H3,(H,24,25,26,27). The van der Waals surface area contributed by atoms with E-state index < -0.39 is 6.10 Å². The maximum Gasteiger partial charge on any atom is 0.215 e. The highest BCUT2D eigenvalue weighted by Crippen LogP contribution is 2.25. The Morgan fingerprint density at radius 1 is 1.07 bits per heavy atom. The predicted molar refractivity (Wildman–Crippen MR) is 109 cm³/mol. The van der Waals surface area contributed by atoms with Crippen molar-refractivity contribution in [3.63, 3.8) is 0 Å². The zero-order valence-electron chi connectivity index (χ0n) is 16.3. The van der Waals surface area contributed by atoms with Crippen LogP contribution in [0, 0.1) is 25.2 Å². The zero-order chi connectivity index (χ0) is 20.4. The number of pyridine rings is 2. The second-order valence-corrected chi connectivity index (χ2v) is 6.65. The van der Waals surface area contributed by atoms with Gasteiger partial charge < -0.3 is 10.1 Å². The average molecular weight is 385 g/mol. The summed E-state index contributed by atoms with van der Waals surface area (Å²) in [7, 11) is 0. The molecule has 1 unspecified atom stereocenters. The second-order valence-electron chi connectivity index (χ2n) is 6.65. The second kappa shape index (κ2) is 7.56. The van der Waals surface area contributed by atoms with Crippen molar-refractivity contribution in [1.29, 1.82) is 5.26 Å². The maximum absolute atomic E-state index is 8.91. The molecule has 0 spiro atoms. The summed E-state index contributed by atoms with van der Waals surface area (Å²) >= 11 is 0. The number of fused-ring (bicyclic) bond motifs is 1. The topological polar surface area (TPSA) is 101 Å². The number of nitrogens with one attached hydrogen (secondary N) is 1. The molecule has 0 aliphatic rings. The quantitative estimate of drug-likeness (QED) is 0.557. The van der Waals surface area contributed by atoms with Gasteiger partial charge in [0.25, 0.3) is 0 Å². The summed E-state index contributed by atoms with van der Waals surface area (Å²) in [5, 5.41) is 16.7. The predicted octanol–water partition coefficient (Wildman–Crippen LogP) is 3.84. The Morgan fingerprint density at radius 3 is 2.69 bits per heavy atom. The lowest BCUT2D eigenvalue weighted by atomic mass is 10.1. The molecule has 0 aliphatic carbocycles. The number of aromatic nitrogens is 5. The van der Waals surface area contributed by atoms with Crippen LogP contribution in [0.5, 0.6) is 5.88 Å². The van der Waals surface area contributed by atoms with Crippen molar-refractivity contribution in [2.45, 2.75) is 26.9 Å². The number of aryl methyl sites for hydroxylation is 2. The number of nitrogens with zero attached hydrogens (tertiary/aromatic N) is 6. The van der Waals surface area contributed by atoms with Crippen LogP contribution in [-0.2, 0) is 0 Å². The minimum atomic E-state index is -0.558. The molecule has 4 aromatic rings. The Bertz CT molecular complexity index is 1210. The lowest BCUT2D eigenvalue weighted by Crippen LogP contribution is -2.09. The fraction of sp³-hybridized carbons (Fsp3) is 0.190. The molecule has 8 nitrogen and oxygen atoms in total. The summed E-state index contributed by atoms with van der Waals surface area (Å²) in [6.07, 6.45) is 3.01. The SMILES string of the molecule is Cc1cc(Nc2cc3cc(-c4ccnc(OC(C)C#N)c4)ccn3n2)nc(C)n1. The summed E-state index contributed by atoms with van der Waals surface area (Å²) in [5.74, 6) is 2.53. The van der Waals surface area contributed by atoms with E-state index in [1.165, 1.54) is 0 Å². The van der Waals surface area contributed by atoms with Crippen LogP contribution in [0.15, 0.2) is 48.8 Å². The van der Waals surface area contributed by atoms with Gasteiger partial charge >= 0.3 is 0 Å². The van der Waals surface area contributed by atoms with Crippen molar-refractivity contribution >= 4 is 17.2 Å². The van der Waals surface area contributed by atoms with E-state index in [4.69, 9.17) is 10.00 Å². The molecule has 0 aliphatic heterocycles. The Kier molecular flexibility index (Phi) is 4.79. The number of nitriles is 1. The van der Waals surface area contributed by atoms with Gasteiger partial charge in [0, 0.05) is 36.3 Å². The third-order valence-corrected chi connectivity index (χ3v) is 4.23. The summed E-state index contributed by atoms with van der Waals surface area (Å²) in [5.41, 5.74) is 3.76. The Balaban J connectivity index is 1.62. The van der Waals surface area contributed by atoms with Crippen molar-refractivity contribution in [3.8, 4) is 23.1 Å². The normalized spacial score (nSPS) is 11.8. The van der Waals surface area contributed by atoms with Crippen molar-refractivity contribution in [1.82, 2.24) is 24.6 Å². The molecular formula is C21H19N7O. The highest BCUT2D eigenvalue weighted by atomic mass is 16.5. The van der Waals surface area contributed by atoms with Gasteiger partial charge in [-0.05, 0) is 50.1 Å². The lowest BCUT2D eigenvalue weighted by molar-refractivity contribution is 0.265. The maximum atomic E-state index is 8.91. The molecule has 144 valence electrons. The van der Waals surface area contributed by atoms with E-state index >= 15 is 0 Å². The molecule has 4 heterocycles. The number of anilines is 2. The lowest BCUT2D eigenvalue weighted by Gasteiger charge is -2.08. The van der Waals surface area contributed by atoms with Crippen LogP contribution in [0.2, 0.25) is 0 Å². The molecule has 0 aromatic carbocycles. The van der Waals surface area contributed by atoms with Gasteiger partial charge in [0.15, 0.2) is 11.9 Å². The van der Waals surface area contributed by atoms with Crippen molar-refractivity contribution in [2.75, 3.05) is 5.32 Å². The molecule has 0 fully saturated rings. The van der Waals surface area contributed by atoms with Crippen molar-refractivity contribution in [3.05, 3.63) is 60.3 Å². The van der Waals surface area contributed by atoms with Crippen LogP contribution < -0.4 is 10.1 Å². The molecule has 4 aromatic heterocycles. The van der Waals surface area contributed by atoms with Crippen LogP contribution in [0.3, 0.4) is 0 Å². The summed E-state index contributed by atoms with van der Waals surface area (Å²) in [4.78, 5) is 12.8. The fourth-order valence-corrected chi connectivity index (χ4v) is 3.01.